The molecule has 1 unspecified atom stereocenters. The first kappa shape index (κ1) is 19.4. The first-order chi connectivity index (χ1) is 11.6. The number of carbonyl (C=O) groups is 1. The molecule has 0 saturated heterocycles. The Morgan fingerprint density at radius 2 is 1.84 bits per heavy atom. The van der Waals surface area contributed by atoms with Gasteiger partial charge in [0, 0.05) is 12.8 Å². The van der Waals surface area contributed by atoms with Crippen LogP contribution in [-0.4, -0.2) is 35.7 Å². The van der Waals surface area contributed by atoms with Gasteiger partial charge in [-0.25, -0.2) is 13.2 Å². The van der Waals surface area contributed by atoms with Crippen molar-refractivity contribution < 1.29 is 36.6 Å². The van der Waals surface area contributed by atoms with E-state index in [2.05, 4.69) is 4.74 Å². The van der Waals surface area contributed by atoms with Gasteiger partial charge in [0.2, 0.25) is 0 Å². The molecule has 0 aliphatic heterocycles. The van der Waals surface area contributed by atoms with Crippen molar-refractivity contribution in [3.8, 4) is 5.75 Å². The number of ether oxygens (including phenoxy) is 1. The smallest absolute Gasteiger partial charge is 0.410 e. The van der Waals surface area contributed by atoms with Crippen LogP contribution in [0.25, 0.3) is 0 Å². The first-order valence-corrected chi connectivity index (χ1v) is 7.73. The largest absolute Gasteiger partial charge is 0.480 e. The third kappa shape index (κ3) is 6.85. The Bertz CT molecular complexity index is 590. The maximum Gasteiger partial charge on any atom is 0.410 e. The molecule has 2 rings (SSSR count). The van der Waals surface area contributed by atoms with Gasteiger partial charge in [-0.2, -0.15) is 8.78 Å². The molecule has 1 fully saturated rings. The van der Waals surface area contributed by atoms with Crippen molar-refractivity contribution in [2.24, 2.45) is 5.92 Å². The van der Waals surface area contributed by atoms with E-state index in [-0.39, 0.29) is 11.7 Å². The fraction of sp³-hybridized carbons (Fsp3) is 0.562. The third-order valence-corrected chi connectivity index (χ3v) is 3.72. The van der Waals surface area contributed by atoms with Gasteiger partial charge >= 0.3 is 12.1 Å². The number of halogens is 5. The molecule has 1 atom stereocenters. The van der Waals surface area contributed by atoms with Gasteiger partial charge in [0.05, 0.1) is 0 Å². The Labute approximate surface area is 141 Å². The van der Waals surface area contributed by atoms with E-state index in [4.69, 9.17) is 5.11 Å². The second kappa shape index (κ2) is 7.55. The summed E-state index contributed by atoms with van der Waals surface area (Å²) in [5, 5.41) is 10.9. The van der Waals surface area contributed by atoms with Crippen LogP contribution in [0.5, 0.6) is 5.75 Å². The Hall–Kier alpha value is -1.90. The molecule has 0 bridgehead atoms. The highest BCUT2D eigenvalue weighted by Crippen LogP contribution is 2.40. The Balaban J connectivity index is 1.89. The molecule has 4 nitrogen and oxygen atoms in total. The number of nitrogens with one attached hydrogen (secondary N) is 1. The van der Waals surface area contributed by atoms with Gasteiger partial charge in [0.15, 0.2) is 0 Å². The predicted octanol–water partition coefficient (Wildman–Crippen LogP) is 3.67. The summed E-state index contributed by atoms with van der Waals surface area (Å²) in [4.78, 5) is 11.1. The number of carboxylic acid groups (broad SMARTS) is 1. The van der Waals surface area contributed by atoms with Crippen LogP contribution in [0.3, 0.4) is 0 Å². The molecular weight excluding hydrogens is 349 g/mol. The normalized spacial score (nSPS) is 16.5. The monoisotopic (exact) mass is 367 g/mol. The van der Waals surface area contributed by atoms with Gasteiger partial charge in [-0.15, -0.1) is 0 Å². The summed E-state index contributed by atoms with van der Waals surface area (Å²) in [6.07, 6.45) is -4.03. The SMILES string of the molecule is O=C(O)C(CC(F)(F)CC1CC1)NCC(F)(F)Oc1ccc(F)cc1. The minimum atomic E-state index is -3.85. The van der Waals surface area contributed by atoms with E-state index in [0.29, 0.717) is 12.8 Å². The van der Waals surface area contributed by atoms with E-state index in [1.54, 1.807) is 0 Å². The lowest BCUT2D eigenvalue weighted by molar-refractivity contribution is -0.175. The number of hydrogen-bond donors (Lipinski definition) is 2. The van der Waals surface area contributed by atoms with Crippen LogP contribution in [0.4, 0.5) is 22.0 Å². The van der Waals surface area contributed by atoms with Gasteiger partial charge in [0.1, 0.15) is 24.2 Å². The first-order valence-electron chi connectivity index (χ1n) is 7.73. The molecule has 9 heteroatoms. The molecule has 1 saturated carbocycles. The number of rotatable bonds is 10. The van der Waals surface area contributed by atoms with Gasteiger partial charge in [-0.3, -0.25) is 10.1 Å². The molecule has 140 valence electrons. The van der Waals surface area contributed by atoms with Gasteiger partial charge in [0.25, 0.3) is 5.92 Å². The molecule has 0 amide bonds. The minimum absolute atomic E-state index is 0.132. The third-order valence-electron chi connectivity index (χ3n) is 3.72. The van der Waals surface area contributed by atoms with Crippen LogP contribution >= 0.6 is 0 Å². The fourth-order valence-electron chi connectivity index (χ4n) is 2.33. The van der Waals surface area contributed by atoms with E-state index in [0.717, 1.165) is 24.3 Å². The summed E-state index contributed by atoms with van der Waals surface area (Å²) in [6.45, 7) is -1.28. The number of alkyl halides is 4. The number of carboxylic acids is 1. The minimum Gasteiger partial charge on any atom is -0.480 e. The molecule has 1 aliphatic rings. The van der Waals surface area contributed by atoms with E-state index in [1.165, 1.54) is 0 Å². The predicted molar refractivity (Wildman–Crippen MR) is 78.3 cm³/mol. The zero-order valence-electron chi connectivity index (χ0n) is 13.2. The standard InChI is InChI=1S/C16H18F5NO3/c17-11-3-5-12(6-4-11)25-16(20,21)9-22-13(14(23)24)8-15(18,19)7-10-1-2-10/h3-6,10,13,22H,1-2,7-9H2,(H,23,24). The highest BCUT2D eigenvalue weighted by Gasteiger charge is 2.42. The average Bonchev–Trinajstić information content (AvgIpc) is 3.28. The van der Waals surface area contributed by atoms with Crippen LogP contribution in [0.15, 0.2) is 24.3 Å². The molecule has 1 aliphatic carbocycles. The Morgan fingerprint density at radius 1 is 1.24 bits per heavy atom. The van der Waals surface area contributed by atoms with Gasteiger partial charge in [-0.05, 0) is 43.0 Å². The van der Waals surface area contributed by atoms with Crippen molar-refractivity contribution in [2.45, 2.75) is 43.8 Å². The van der Waals surface area contributed by atoms with E-state index in [9.17, 15) is 26.7 Å². The number of benzene rings is 1. The van der Waals surface area contributed by atoms with Crippen LogP contribution in [0, 0.1) is 11.7 Å². The molecule has 0 radical (unpaired) electrons. The van der Waals surface area contributed by atoms with Crippen LogP contribution in [0.1, 0.15) is 25.7 Å². The number of hydrogen-bond acceptors (Lipinski definition) is 3. The lowest BCUT2D eigenvalue weighted by atomic mass is 10.0. The van der Waals surface area contributed by atoms with Crippen LogP contribution < -0.4 is 10.1 Å². The summed E-state index contributed by atoms with van der Waals surface area (Å²) in [5.41, 5.74) is 0. The molecule has 0 spiro atoms. The maximum atomic E-state index is 13.8. The van der Waals surface area contributed by atoms with Crippen molar-refractivity contribution in [3.63, 3.8) is 0 Å². The lowest BCUT2D eigenvalue weighted by Gasteiger charge is -2.24. The summed E-state index contributed by atoms with van der Waals surface area (Å²) in [5.74, 6) is -6.00. The molecule has 1 aromatic carbocycles. The van der Waals surface area contributed by atoms with Crippen molar-refractivity contribution in [3.05, 3.63) is 30.1 Å². The highest BCUT2D eigenvalue weighted by molar-refractivity contribution is 5.73. The van der Waals surface area contributed by atoms with E-state index in [1.807, 2.05) is 5.32 Å². The average molecular weight is 367 g/mol. The second-order valence-corrected chi connectivity index (χ2v) is 6.17. The van der Waals surface area contributed by atoms with Crippen molar-refractivity contribution >= 4 is 5.97 Å². The summed E-state index contributed by atoms with van der Waals surface area (Å²) < 4.78 is 72.1. The Morgan fingerprint density at radius 3 is 2.36 bits per heavy atom. The van der Waals surface area contributed by atoms with E-state index >= 15 is 0 Å². The molecule has 25 heavy (non-hydrogen) atoms. The van der Waals surface area contributed by atoms with E-state index < -0.39 is 49.2 Å². The maximum absolute atomic E-state index is 13.8. The van der Waals surface area contributed by atoms with Crippen molar-refractivity contribution in [1.82, 2.24) is 5.32 Å². The summed E-state index contributed by atoms with van der Waals surface area (Å²) >= 11 is 0. The summed E-state index contributed by atoms with van der Waals surface area (Å²) in [6, 6.07) is 1.94. The zero-order valence-corrected chi connectivity index (χ0v) is 13.2. The zero-order chi connectivity index (χ0) is 18.7. The number of aliphatic carboxylic acids is 1. The highest BCUT2D eigenvalue weighted by atomic mass is 19.3. The van der Waals surface area contributed by atoms with Gasteiger partial charge in [-0.1, -0.05) is 0 Å². The second-order valence-electron chi connectivity index (χ2n) is 6.17. The van der Waals surface area contributed by atoms with Crippen LogP contribution in [-0.2, 0) is 4.79 Å². The van der Waals surface area contributed by atoms with Crippen LogP contribution in [0.2, 0.25) is 0 Å². The molecular formula is C16H18F5NO3. The van der Waals surface area contributed by atoms with Gasteiger partial charge < -0.3 is 9.84 Å². The molecule has 2 N–H and O–H groups in total. The molecule has 0 heterocycles. The lowest BCUT2D eigenvalue weighted by Crippen LogP contribution is -2.48. The molecule has 0 aromatic heterocycles. The Kier molecular flexibility index (Phi) is 5.87. The van der Waals surface area contributed by atoms with Crippen molar-refractivity contribution in [2.75, 3.05) is 6.54 Å². The summed E-state index contributed by atoms with van der Waals surface area (Å²) in [7, 11) is 0. The fourth-order valence-corrected chi connectivity index (χ4v) is 2.33. The quantitative estimate of drug-likeness (QED) is 0.620. The van der Waals surface area contributed by atoms with Crippen molar-refractivity contribution in [1.29, 1.82) is 0 Å². The molecule has 1 aromatic rings. The topological polar surface area (TPSA) is 58.6 Å².